The van der Waals surface area contributed by atoms with Crippen molar-refractivity contribution in [2.45, 2.75) is 0 Å². The molecule has 0 aliphatic rings. The van der Waals surface area contributed by atoms with Gasteiger partial charge in [0.1, 0.15) is 29.7 Å². The Balaban J connectivity index is 1.84. The first-order chi connectivity index (χ1) is 10.1. The Labute approximate surface area is 138 Å². The summed E-state index contributed by atoms with van der Waals surface area (Å²) in [6.45, 7) is 0.735. The minimum Gasteiger partial charge on any atom is -0.490 e. The van der Waals surface area contributed by atoms with Gasteiger partial charge >= 0.3 is 0 Å². The van der Waals surface area contributed by atoms with Gasteiger partial charge in [-0.25, -0.2) is 0 Å². The maximum Gasteiger partial charge on any atom is 0.138 e. The molecule has 0 aromatic heterocycles. The fourth-order valence-corrected chi connectivity index (χ4v) is 2.23. The molecule has 2 rings (SSSR count). The smallest absolute Gasteiger partial charge is 0.138 e. The topological polar surface area (TPSA) is 44.5 Å². The van der Waals surface area contributed by atoms with Gasteiger partial charge in [0.05, 0.1) is 5.02 Å². The van der Waals surface area contributed by atoms with Crippen molar-refractivity contribution >= 4 is 40.4 Å². The van der Waals surface area contributed by atoms with Crippen LogP contribution in [0.2, 0.25) is 10.0 Å². The Morgan fingerprint density at radius 2 is 1.81 bits per heavy atom. The second-order valence-corrected chi connectivity index (χ2v) is 5.45. The molecule has 0 saturated heterocycles. The molecule has 0 fully saturated rings. The number of thiocarbonyl (C=S) groups is 1. The van der Waals surface area contributed by atoms with Crippen molar-refractivity contribution in [2.24, 2.45) is 5.73 Å². The summed E-state index contributed by atoms with van der Waals surface area (Å²) in [7, 11) is 0. The van der Waals surface area contributed by atoms with Crippen molar-refractivity contribution in [2.75, 3.05) is 13.2 Å². The van der Waals surface area contributed by atoms with Gasteiger partial charge in [0.15, 0.2) is 0 Å². The minimum atomic E-state index is 0.338. The SMILES string of the molecule is NC(=S)c1cccc(OCCOc2ccc(Cl)cc2Cl)c1. The van der Waals surface area contributed by atoms with Crippen LogP contribution in [-0.2, 0) is 0 Å². The quantitative estimate of drug-likeness (QED) is 0.634. The second-order valence-electron chi connectivity index (χ2n) is 4.16. The summed E-state index contributed by atoms with van der Waals surface area (Å²) < 4.78 is 11.1. The molecule has 2 aromatic carbocycles. The molecule has 0 bridgehead atoms. The highest BCUT2D eigenvalue weighted by Crippen LogP contribution is 2.27. The van der Waals surface area contributed by atoms with E-state index in [9.17, 15) is 0 Å². The molecule has 3 nitrogen and oxygen atoms in total. The lowest BCUT2D eigenvalue weighted by molar-refractivity contribution is 0.217. The zero-order chi connectivity index (χ0) is 15.2. The molecule has 110 valence electrons. The monoisotopic (exact) mass is 341 g/mol. The summed E-state index contributed by atoms with van der Waals surface area (Å²) >= 11 is 16.7. The summed E-state index contributed by atoms with van der Waals surface area (Å²) in [6, 6.07) is 12.4. The van der Waals surface area contributed by atoms with Gasteiger partial charge in [-0.3, -0.25) is 0 Å². The number of ether oxygens (including phenoxy) is 2. The largest absolute Gasteiger partial charge is 0.490 e. The third-order valence-corrected chi connectivity index (χ3v) is 3.39. The number of benzene rings is 2. The molecule has 0 saturated carbocycles. The Bertz CT molecular complexity index is 649. The molecular formula is C15H13Cl2NO2S. The number of hydrogen-bond acceptors (Lipinski definition) is 3. The molecular weight excluding hydrogens is 329 g/mol. The van der Waals surface area contributed by atoms with Gasteiger partial charge in [0.25, 0.3) is 0 Å². The molecule has 6 heteroatoms. The summed E-state index contributed by atoms with van der Waals surface area (Å²) in [5.41, 5.74) is 6.34. The van der Waals surface area contributed by atoms with E-state index in [2.05, 4.69) is 0 Å². The van der Waals surface area contributed by atoms with Crippen LogP contribution >= 0.6 is 35.4 Å². The lowest BCUT2D eigenvalue weighted by Crippen LogP contribution is -2.11. The van der Waals surface area contributed by atoms with E-state index in [-0.39, 0.29) is 0 Å². The van der Waals surface area contributed by atoms with Crippen molar-refractivity contribution in [3.63, 3.8) is 0 Å². The van der Waals surface area contributed by atoms with Crippen LogP contribution in [-0.4, -0.2) is 18.2 Å². The molecule has 2 N–H and O–H groups in total. The second kappa shape index (κ2) is 7.50. The van der Waals surface area contributed by atoms with Gasteiger partial charge < -0.3 is 15.2 Å². The van der Waals surface area contributed by atoms with Crippen molar-refractivity contribution in [3.8, 4) is 11.5 Å². The van der Waals surface area contributed by atoms with E-state index in [1.807, 2.05) is 18.2 Å². The van der Waals surface area contributed by atoms with E-state index in [1.165, 1.54) is 0 Å². The van der Waals surface area contributed by atoms with Gasteiger partial charge in [-0.1, -0.05) is 47.6 Å². The summed E-state index contributed by atoms with van der Waals surface area (Å²) in [6.07, 6.45) is 0. The number of hydrogen-bond donors (Lipinski definition) is 1. The van der Waals surface area contributed by atoms with Gasteiger partial charge in [0.2, 0.25) is 0 Å². The third kappa shape index (κ3) is 4.77. The van der Waals surface area contributed by atoms with E-state index in [4.69, 9.17) is 50.6 Å². The zero-order valence-electron chi connectivity index (χ0n) is 11.0. The Hall–Kier alpha value is -1.49. The highest BCUT2D eigenvalue weighted by atomic mass is 35.5. The van der Waals surface area contributed by atoms with E-state index >= 15 is 0 Å². The fraction of sp³-hybridized carbons (Fsp3) is 0.133. The lowest BCUT2D eigenvalue weighted by atomic mass is 10.2. The van der Waals surface area contributed by atoms with Crippen LogP contribution in [0.4, 0.5) is 0 Å². The zero-order valence-corrected chi connectivity index (χ0v) is 13.3. The molecule has 0 heterocycles. The maximum atomic E-state index is 6.00. The lowest BCUT2D eigenvalue weighted by Gasteiger charge is -2.10. The minimum absolute atomic E-state index is 0.338. The first kappa shape index (κ1) is 15.9. The fourth-order valence-electron chi connectivity index (χ4n) is 1.64. The van der Waals surface area contributed by atoms with Crippen LogP contribution in [0, 0.1) is 0 Å². The summed E-state index contributed by atoms with van der Waals surface area (Å²) in [5, 5.41) is 1.04. The molecule has 0 radical (unpaired) electrons. The Kier molecular flexibility index (Phi) is 5.67. The van der Waals surface area contributed by atoms with Crippen LogP contribution in [0.25, 0.3) is 0 Å². The first-order valence-electron chi connectivity index (χ1n) is 6.17. The molecule has 21 heavy (non-hydrogen) atoms. The normalized spacial score (nSPS) is 10.2. The molecule has 0 unspecified atom stereocenters. The van der Waals surface area contributed by atoms with Crippen LogP contribution < -0.4 is 15.2 Å². The number of rotatable bonds is 6. The van der Waals surface area contributed by atoms with Crippen molar-refractivity contribution in [1.29, 1.82) is 0 Å². The Morgan fingerprint density at radius 1 is 1.05 bits per heavy atom. The standard InChI is InChI=1S/C15H13Cl2NO2S/c16-11-4-5-14(13(17)9-11)20-7-6-19-12-3-1-2-10(8-12)15(18)21/h1-5,8-9H,6-7H2,(H2,18,21). The van der Waals surface area contributed by atoms with Crippen LogP contribution in [0.5, 0.6) is 11.5 Å². The van der Waals surface area contributed by atoms with Crippen LogP contribution in [0.1, 0.15) is 5.56 Å². The average Bonchev–Trinajstić information content (AvgIpc) is 2.45. The Morgan fingerprint density at radius 3 is 2.52 bits per heavy atom. The summed E-state index contributed by atoms with van der Waals surface area (Å²) in [4.78, 5) is 0.338. The van der Waals surface area contributed by atoms with Gasteiger partial charge in [-0.15, -0.1) is 0 Å². The molecule has 0 amide bonds. The third-order valence-electron chi connectivity index (χ3n) is 2.62. The van der Waals surface area contributed by atoms with Gasteiger partial charge in [-0.2, -0.15) is 0 Å². The molecule has 0 atom stereocenters. The number of nitrogens with two attached hydrogens (primary N) is 1. The molecule has 0 spiro atoms. The van der Waals surface area contributed by atoms with Crippen molar-refractivity contribution < 1.29 is 9.47 Å². The van der Waals surface area contributed by atoms with Gasteiger partial charge in [0, 0.05) is 10.6 Å². The molecule has 2 aromatic rings. The van der Waals surface area contributed by atoms with E-state index in [1.54, 1.807) is 24.3 Å². The van der Waals surface area contributed by atoms with Crippen LogP contribution in [0.15, 0.2) is 42.5 Å². The van der Waals surface area contributed by atoms with E-state index in [0.29, 0.717) is 39.7 Å². The highest BCUT2D eigenvalue weighted by molar-refractivity contribution is 7.80. The van der Waals surface area contributed by atoms with Crippen LogP contribution in [0.3, 0.4) is 0 Å². The predicted molar refractivity (Wildman–Crippen MR) is 89.8 cm³/mol. The molecule has 0 aliphatic carbocycles. The van der Waals surface area contributed by atoms with E-state index < -0.39 is 0 Å². The number of halogens is 2. The molecule has 0 aliphatic heterocycles. The maximum absolute atomic E-state index is 6.00. The van der Waals surface area contributed by atoms with E-state index in [0.717, 1.165) is 5.56 Å². The predicted octanol–water partition coefficient (Wildman–Crippen LogP) is 4.09. The average molecular weight is 342 g/mol. The van der Waals surface area contributed by atoms with Gasteiger partial charge in [-0.05, 0) is 30.3 Å². The van der Waals surface area contributed by atoms with Crippen molar-refractivity contribution in [3.05, 3.63) is 58.1 Å². The van der Waals surface area contributed by atoms with Crippen molar-refractivity contribution in [1.82, 2.24) is 0 Å². The highest BCUT2D eigenvalue weighted by Gasteiger charge is 2.03. The summed E-state index contributed by atoms with van der Waals surface area (Å²) in [5.74, 6) is 1.26. The first-order valence-corrected chi connectivity index (χ1v) is 7.33.